The summed E-state index contributed by atoms with van der Waals surface area (Å²) in [5, 5.41) is 10.3. The molecule has 1 aliphatic rings. The topological polar surface area (TPSA) is 40.5 Å². The molecule has 0 bridgehead atoms. The number of halogens is 1. The summed E-state index contributed by atoms with van der Waals surface area (Å²) in [6, 6.07) is 7.69. The first-order valence-electron chi connectivity index (χ1n) is 6.43. The molecule has 1 aromatic carbocycles. The predicted octanol–water partition coefficient (Wildman–Crippen LogP) is 2.56. The summed E-state index contributed by atoms with van der Waals surface area (Å²) in [7, 11) is 0. The van der Waals surface area contributed by atoms with Crippen LogP contribution in [0.25, 0.3) is 0 Å². The van der Waals surface area contributed by atoms with Crippen molar-refractivity contribution in [2.45, 2.75) is 24.7 Å². The summed E-state index contributed by atoms with van der Waals surface area (Å²) in [6.45, 7) is 1.25. The van der Waals surface area contributed by atoms with Crippen molar-refractivity contribution in [2.75, 3.05) is 18.8 Å². The number of carbonyl (C=O) groups is 1. The van der Waals surface area contributed by atoms with E-state index in [1.165, 1.54) is 0 Å². The number of thioether (sulfide) groups is 1. The fourth-order valence-electron chi connectivity index (χ4n) is 2.16. The first kappa shape index (κ1) is 14.7. The van der Waals surface area contributed by atoms with Crippen LogP contribution >= 0.6 is 23.4 Å². The molecule has 0 aromatic heterocycles. The lowest BCUT2D eigenvalue weighted by Gasteiger charge is -2.30. The minimum absolute atomic E-state index is 0.116. The molecule has 1 fully saturated rings. The average Bonchev–Trinajstić information content (AvgIpc) is 2.38. The van der Waals surface area contributed by atoms with Crippen molar-refractivity contribution in [3.8, 4) is 0 Å². The number of aliphatic hydroxyl groups is 1. The lowest BCUT2D eigenvalue weighted by atomic mass is 10.1. The highest BCUT2D eigenvalue weighted by molar-refractivity contribution is 7.99. The largest absolute Gasteiger partial charge is 0.391 e. The van der Waals surface area contributed by atoms with Crippen molar-refractivity contribution in [2.24, 2.45) is 0 Å². The summed E-state index contributed by atoms with van der Waals surface area (Å²) >= 11 is 7.50. The molecule has 0 radical (unpaired) electrons. The molecular formula is C14H18ClNO2S. The van der Waals surface area contributed by atoms with Gasteiger partial charge in [-0.2, -0.15) is 0 Å². The molecule has 1 amide bonds. The number of amides is 1. The number of hydrogen-bond acceptors (Lipinski definition) is 3. The summed E-state index contributed by atoms with van der Waals surface area (Å²) < 4.78 is 0. The number of aliphatic hydroxyl groups excluding tert-OH is 1. The molecule has 0 aliphatic carbocycles. The van der Waals surface area contributed by atoms with Gasteiger partial charge in [0.15, 0.2) is 0 Å². The van der Waals surface area contributed by atoms with Gasteiger partial charge in [-0.25, -0.2) is 0 Å². The van der Waals surface area contributed by atoms with Gasteiger partial charge in [-0.05, 0) is 30.5 Å². The highest BCUT2D eigenvalue weighted by Crippen LogP contribution is 2.18. The molecule has 1 N–H and O–H groups in total. The van der Waals surface area contributed by atoms with Crippen LogP contribution in [0.5, 0.6) is 0 Å². The second-order valence-corrected chi connectivity index (χ2v) is 6.18. The van der Waals surface area contributed by atoms with Gasteiger partial charge in [-0.3, -0.25) is 4.79 Å². The Morgan fingerprint density at radius 2 is 2.37 bits per heavy atom. The maximum absolute atomic E-state index is 12.0. The highest BCUT2D eigenvalue weighted by Gasteiger charge is 2.21. The summed E-state index contributed by atoms with van der Waals surface area (Å²) in [6.07, 6.45) is 1.35. The molecule has 1 aliphatic heterocycles. The van der Waals surface area contributed by atoms with E-state index in [1.807, 2.05) is 24.3 Å². The van der Waals surface area contributed by atoms with Crippen molar-refractivity contribution < 1.29 is 9.90 Å². The Labute approximate surface area is 122 Å². The molecule has 1 unspecified atom stereocenters. The van der Waals surface area contributed by atoms with Gasteiger partial charge in [0.25, 0.3) is 0 Å². The van der Waals surface area contributed by atoms with Gasteiger partial charge >= 0.3 is 0 Å². The van der Waals surface area contributed by atoms with Crippen LogP contribution in [0.3, 0.4) is 0 Å². The molecule has 1 saturated heterocycles. The average molecular weight is 300 g/mol. The van der Waals surface area contributed by atoms with Crippen LogP contribution in [0.2, 0.25) is 5.02 Å². The molecule has 19 heavy (non-hydrogen) atoms. The van der Waals surface area contributed by atoms with Crippen LogP contribution in [0.15, 0.2) is 24.3 Å². The van der Waals surface area contributed by atoms with E-state index >= 15 is 0 Å². The van der Waals surface area contributed by atoms with E-state index in [0.29, 0.717) is 12.3 Å². The van der Waals surface area contributed by atoms with Crippen LogP contribution < -0.4 is 0 Å². The van der Waals surface area contributed by atoms with Crippen molar-refractivity contribution in [1.29, 1.82) is 0 Å². The number of hydrogen-bond donors (Lipinski definition) is 1. The Bertz CT molecular complexity index is 441. The predicted molar refractivity (Wildman–Crippen MR) is 79.4 cm³/mol. The molecule has 0 saturated carbocycles. The Morgan fingerprint density at radius 1 is 1.53 bits per heavy atom. The minimum atomic E-state index is -0.351. The number of benzene rings is 1. The Morgan fingerprint density at radius 3 is 3.11 bits per heavy atom. The van der Waals surface area contributed by atoms with Crippen molar-refractivity contribution in [3.63, 3.8) is 0 Å². The summed E-state index contributed by atoms with van der Waals surface area (Å²) in [4.78, 5) is 13.7. The lowest BCUT2D eigenvalue weighted by Crippen LogP contribution is -2.43. The first-order chi connectivity index (χ1) is 9.15. The van der Waals surface area contributed by atoms with Crippen molar-refractivity contribution in [3.05, 3.63) is 34.9 Å². The normalized spacial score (nSPS) is 19.5. The van der Waals surface area contributed by atoms with Gasteiger partial charge < -0.3 is 10.0 Å². The van der Waals surface area contributed by atoms with Crippen molar-refractivity contribution >= 4 is 29.3 Å². The monoisotopic (exact) mass is 299 g/mol. The van der Waals surface area contributed by atoms with Crippen LogP contribution in [0, 0.1) is 0 Å². The Balaban J connectivity index is 1.74. The lowest BCUT2D eigenvalue weighted by molar-refractivity contribution is -0.131. The molecule has 104 valence electrons. The highest BCUT2D eigenvalue weighted by atomic mass is 35.5. The number of rotatable bonds is 4. The molecule has 5 heteroatoms. The number of nitrogens with zero attached hydrogens (tertiary/aromatic N) is 1. The van der Waals surface area contributed by atoms with E-state index in [0.717, 1.165) is 35.7 Å². The van der Waals surface area contributed by atoms with Crippen LogP contribution in [-0.2, 0) is 10.5 Å². The van der Waals surface area contributed by atoms with Crippen LogP contribution in [-0.4, -0.2) is 40.9 Å². The molecule has 1 heterocycles. The minimum Gasteiger partial charge on any atom is -0.391 e. The van der Waals surface area contributed by atoms with E-state index in [-0.39, 0.29) is 12.0 Å². The number of carbonyl (C=O) groups excluding carboxylic acids is 1. The second kappa shape index (κ2) is 7.17. The summed E-state index contributed by atoms with van der Waals surface area (Å²) in [5.74, 6) is 1.35. The third-order valence-electron chi connectivity index (χ3n) is 3.13. The van der Waals surface area contributed by atoms with Gasteiger partial charge in [0.05, 0.1) is 11.9 Å². The van der Waals surface area contributed by atoms with Crippen molar-refractivity contribution in [1.82, 2.24) is 4.90 Å². The molecule has 3 nitrogen and oxygen atoms in total. The third-order valence-corrected chi connectivity index (χ3v) is 4.36. The van der Waals surface area contributed by atoms with Gasteiger partial charge in [0.1, 0.15) is 0 Å². The number of likely N-dealkylation sites (tertiary alicyclic amines) is 1. The Hall–Kier alpha value is -0.710. The van der Waals surface area contributed by atoms with E-state index in [1.54, 1.807) is 16.7 Å². The van der Waals surface area contributed by atoms with Crippen LogP contribution in [0.4, 0.5) is 0 Å². The van der Waals surface area contributed by atoms with E-state index < -0.39 is 0 Å². The van der Waals surface area contributed by atoms with Crippen LogP contribution in [0.1, 0.15) is 18.4 Å². The smallest absolute Gasteiger partial charge is 0.232 e. The fraction of sp³-hybridized carbons (Fsp3) is 0.500. The molecule has 2 rings (SSSR count). The SMILES string of the molecule is O=C(CSCc1cccc(Cl)c1)N1CCCC(O)C1. The quantitative estimate of drug-likeness (QED) is 0.929. The number of β-amino-alcohol motifs (C(OH)–C–C–N with tert-alkyl or cyclic N) is 1. The first-order valence-corrected chi connectivity index (χ1v) is 7.96. The molecule has 0 spiro atoms. The second-order valence-electron chi connectivity index (χ2n) is 4.76. The van der Waals surface area contributed by atoms with E-state index in [9.17, 15) is 9.90 Å². The summed E-state index contributed by atoms with van der Waals surface area (Å²) in [5.41, 5.74) is 1.13. The maximum Gasteiger partial charge on any atom is 0.232 e. The van der Waals surface area contributed by atoms with Gasteiger partial charge in [-0.15, -0.1) is 11.8 Å². The standard InChI is InChI=1S/C14H18ClNO2S/c15-12-4-1-3-11(7-12)9-19-10-14(18)16-6-2-5-13(17)8-16/h1,3-4,7,13,17H,2,5-6,8-10H2. The molecule has 1 atom stereocenters. The zero-order valence-electron chi connectivity index (χ0n) is 10.7. The zero-order chi connectivity index (χ0) is 13.7. The van der Waals surface area contributed by atoms with E-state index in [2.05, 4.69) is 0 Å². The van der Waals surface area contributed by atoms with Gasteiger partial charge in [-0.1, -0.05) is 23.7 Å². The number of piperidine rings is 1. The fourth-order valence-corrected chi connectivity index (χ4v) is 3.24. The van der Waals surface area contributed by atoms with E-state index in [4.69, 9.17) is 11.6 Å². The third kappa shape index (κ3) is 4.71. The zero-order valence-corrected chi connectivity index (χ0v) is 12.3. The molecule has 1 aromatic rings. The maximum atomic E-state index is 12.0. The van der Waals surface area contributed by atoms with Gasteiger partial charge in [0.2, 0.25) is 5.91 Å². The molecular weight excluding hydrogens is 282 g/mol. The Kier molecular flexibility index (Phi) is 5.55. The van der Waals surface area contributed by atoms with Gasteiger partial charge in [0, 0.05) is 23.9 Å².